The van der Waals surface area contributed by atoms with E-state index in [1.54, 1.807) is 61.7 Å². The Hall–Kier alpha value is -2.90. The van der Waals surface area contributed by atoms with Crippen LogP contribution in [0.1, 0.15) is 20.4 Å². The van der Waals surface area contributed by atoms with Crippen molar-refractivity contribution in [3.8, 4) is 11.5 Å². The number of nitrogens with zero attached hydrogens (tertiary/aromatic N) is 2. The van der Waals surface area contributed by atoms with Crippen LogP contribution in [-0.4, -0.2) is 28.3 Å². The first kappa shape index (κ1) is 17.9. The minimum absolute atomic E-state index is 0.139. The SMILES string of the molecule is COc1ccc(NC(=O)c2nnc(C(Cl)=Cc3cccc(O)c3)s2)cc1. The number of aromatic nitrogens is 2. The van der Waals surface area contributed by atoms with E-state index in [0.29, 0.717) is 21.5 Å². The van der Waals surface area contributed by atoms with Gasteiger partial charge in [0.05, 0.1) is 12.1 Å². The van der Waals surface area contributed by atoms with Gasteiger partial charge in [0.2, 0.25) is 5.01 Å². The van der Waals surface area contributed by atoms with Crippen LogP contribution >= 0.6 is 22.9 Å². The van der Waals surface area contributed by atoms with Crippen molar-refractivity contribution in [1.82, 2.24) is 10.2 Å². The Labute approximate surface area is 158 Å². The van der Waals surface area contributed by atoms with E-state index in [-0.39, 0.29) is 16.7 Å². The second kappa shape index (κ2) is 7.99. The Balaban J connectivity index is 1.72. The highest BCUT2D eigenvalue weighted by Gasteiger charge is 2.15. The average molecular weight is 388 g/mol. The largest absolute Gasteiger partial charge is 0.508 e. The van der Waals surface area contributed by atoms with Gasteiger partial charge in [0.15, 0.2) is 5.01 Å². The highest BCUT2D eigenvalue weighted by molar-refractivity contribution is 7.15. The summed E-state index contributed by atoms with van der Waals surface area (Å²) < 4.78 is 5.08. The molecule has 2 N–H and O–H groups in total. The fourth-order valence-corrected chi connectivity index (χ4v) is 3.02. The topological polar surface area (TPSA) is 84.3 Å². The lowest BCUT2D eigenvalue weighted by Crippen LogP contribution is -2.11. The molecule has 6 nitrogen and oxygen atoms in total. The van der Waals surface area contributed by atoms with E-state index >= 15 is 0 Å². The number of carbonyl (C=O) groups excluding carboxylic acids is 1. The van der Waals surface area contributed by atoms with Crippen molar-refractivity contribution >= 4 is 45.6 Å². The molecule has 8 heteroatoms. The summed E-state index contributed by atoms with van der Waals surface area (Å²) in [7, 11) is 1.57. The molecule has 0 aliphatic heterocycles. The number of aromatic hydroxyl groups is 1. The molecule has 0 aliphatic carbocycles. The summed E-state index contributed by atoms with van der Waals surface area (Å²) in [4.78, 5) is 12.3. The van der Waals surface area contributed by atoms with Crippen LogP contribution in [0.5, 0.6) is 11.5 Å². The first-order chi connectivity index (χ1) is 12.5. The van der Waals surface area contributed by atoms with Crippen LogP contribution in [0.25, 0.3) is 11.1 Å². The number of hydrogen-bond acceptors (Lipinski definition) is 6. The Morgan fingerprint density at radius 2 is 1.92 bits per heavy atom. The van der Waals surface area contributed by atoms with Crippen molar-refractivity contribution < 1.29 is 14.6 Å². The first-order valence-corrected chi connectivity index (χ1v) is 8.70. The maximum atomic E-state index is 12.3. The van der Waals surface area contributed by atoms with Crippen LogP contribution < -0.4 is 10.1 Å². The molecule has 26 heavy (non-hydrogen) atoms. The number of methoxy groups -OCH3 is 1. The third-order valence-electron chi connectivity index (χ3n) is 3.34. The number of benzene rings is 2. The van der Waals surface area contributed by atoms with Gasteiger partial charge >= 0.3 is 0 Å². The van der Waals surface area contributed by atoms with E-state index in [1.165, 1.54) is 0 Å². The fourth-order valence-electron chi connectivity index (χ4n) is 2.09. The molecule has 0 atom stereocenters. The maximum Gasteiger partial charge on any atom is 0.286 e. The number of hydrogen-bond donors (Lipinski definition) is 2. The van der Waals surface area contributed by atoms with Crippen LogP contribution in [0.15, 0.2) is 48.5 Å². The van der Waals surface area contributed by atoms with Crippen LogP contribution in [0.4, 0.5) is 5.69 Å². The molecular weight excluding hydrogens is 374 g/mol. The lowest BCUT2D eigenvalue weighted by Gasteiger charge is -2.03. The second-order valence-electron chi connectivity index (χ2n) is 5.18. The molecule has 0 aliphatic rings. The maximum absolute atomic E-state index is 12.3. The Morgan fingerprint density at radius 1 is 1.19 bits per heavy atom. The van der Waals surface area contributed by atoms with Gasteiger partial charge in [0.1, 0.15) is 11.5 Å². The van der Waals surface area contributed by atoms with Crippen LogP contribution in [-0.2, 0) is 0 Å². The number of nitrogens with one attached hydrogen (secondary N) is 1. The first-order valence-electron chi connectivity index (χ1n) is 7.50. The molecule has 3 rings (SSSR count). The van der Waals surface area contributed by atoms with Crippen LogP contribution in [0.3, 0.4) is 0 Å². The Morgan fingerprint density at radius 3 is 2.62 bits per heavy atom. The minimum atomic E-state index is -0.374. The normalized spacial score (nSPS) is 11.2. The van der Waals surface area contributed by atoms with Gasteiger partial charge in [0.25, 0.3) is 5.91 Å². The van der Waals surface area contributed by atoms with Gasteiger partial charge in [-0.2, -0.15) is 0 Å². The molecule has 0 saturated heterocycles. The smallest absolute Gasteiger partial charge is 0.286 e. The monoisotopic (exact) mass is 387 g/mol. The third-order valence-corrected chi connectivity index (χ3v) is 4.69. The van der Waals surface area contributed by atoms with Gasteiger partial charge in [-0.3, -0.25) is 4.79 Å². The van der Waals surface area contributed by atoms with Crippen LogP contribution in [0, 0.1) is 0 Å². The number of phenolic OH excluding ortho intramolecular Hbond substituents is 1. The fraction of sp³-hybridized carbons (Fsp3) is 0.0556. The van der Waals surface area contributed by atoms with Crippen molar-refractivity contribution in [2.24, 2.45) is 0 Å². The second-order valence-corrected chi connectivity index (χ2v) is 6.57. The van der Waals surface area contributed by atoms with E-state index in [9.17, 15) is 9.90 Å². The van der Waals surface area contributed by atoms with Gasteiger partial charge in [0, 0.05) is 5.69 Å². The number of halogens is 1. The number of anilines is 1. The van der Waals surface area contributed by atoms with Crippen molar-refractivity contribution in [2.45, 2.75) is 0 Å². The number of phenols is 1. The minimum Gasteiger partial charge on any atom is -0.508 e. The summed E-state index contributed by atoms with van der Waals surface area (Å²) in [6.45, 7) is 0. The molecule has 132 valence electrons. The Kier molecular flexibility index (Phi) is 5.50. The standard InChI is InChI=1S/C18H14ClN3O3S/c1-25-14-7-5-12(6-8-14)20-16(24)18-22-21-17(26-18)15(19)10-11-3-2-4-13(23)9-11/h2-10,23H,1H3,(H,20,24). The average Bonchev–Trinajstić information content (AvgIpc) is 3.13. The van der Waals surface area contributed by atoms with E-state index in [4.69, 9.17) is 16.3 Å². The summed E-state index contributed by atoms with van der Waals surface area (Å²) in [5.41, 5.74) is 1.34. The zero-order chi connectivity index (χ0) is 18.5. The van der Waals surface area contributed by atoms with E-state index in [0.717, 1.165) is 16.9 Å². The van der Waals surface area contributed by atoms with Gasteiger partial charge in [-0.25, -0.2) is 0 Å². The van der Waals surface area contributed by atoms with E-state index < -0.39 is 0 Å². The van der Waals surface area contributed by atoms with Gasteiger partial charge < -0.3 is 15.2 Å². The van der Waals surface area contributed by atoms with Crippen molar-refractivity contribution in [3.05, 3.63) is 64.1 Å². The molecule has 2 aromatic carbocycles. The highest BCUT2D eigenvalue weighted by atomic mass is 35.5. The predicted molar refractivity (Wildman–Crippen MR) is 103 cm³/mol. The molecule has 3 aromatic rings. The number of amides is 1. The molecule has 0 unspecified atom stereocenters. The quantitative estimate of drug-likeness (QED) is 0.684. The van der Waals surface area contributed by atoms with Gasteiger partial charge in [-0.05, 0) is 48.0 Å². The van der Waals surface area contributed by atoms with E-state index in [2.05, 4.69) is 15.5 Å². The van der Waals surface area contributed by atoms with Gasteiger partial charge in [-0.1, -0.05) is 35.1 Å². The molecule has 1 aromatic heterocycles. The van der Waals surface area contributed by atoms with E-state index in [1.807, 2.05) is 0 Å². The molecule has 0 saturated carbocycles. The van der Waals surface area contributed by atoms with Crippen molar-refractivity contribution in [2.75, 3.05) is 12.4 Å². The summed E-state index contributed by atoms with van der Waals surface area (Å²) in [5.74, 6) is 0.464. The summed E-state index contributed by atoms with van der Waals surface area (Å²) in [6, 6.07) is 13.6. The molecule has 1 amide bonds. The van der Waals surface area contributed by atoms with Gasteiger partial charge in [-0.15, -0.1) is 10.2 Å². The third kappa shape index (κ3) is 4.38. The summed E-state index contributed by atoms with van der Waals surface area (Å²) in [6.07, 6.45) is 1.65. The Bertz CT molecular complexity index is 954. The van der Waals surface area contributed by atoms with Crippen molar-refractivity contribution in [3.63, 3.8) is 0 Å². The summed E-state index contributed by atoms with van der Waals surface area (Å²) >= 11 is 7.32. The molecule has 0 spiro atoms. The lowest BCUT2D eigenvalue weighted by molar-refractivity contribution is 0.102. The predicted octanol–water partition coefficient (Wildman–Crippen LogP) is 4.24. The number of rotatable bonds is 5. The van der Waals surface area contributed by atoms with Crippen molar-refractivity contribution in [1.29, 1.82) is 0 Å². The zero-order valence-corrected chi connectivity index (χ0v) is 15.2. The molecule has 0 fully saturated rings. The molecule has 0 radical (unpaired) electrons. The number of ether oxygens (including phenoxy) is 1. The highest BCUT2D eigenvalue weighted by Crippen LogP contribution is 2.26. The zero-order valence-electron chi connectivity index (χ0n) is 13.6. The molecule has 1 heterocycles. The molecular formula is C18H14ClN3O3S. The lowest BCUT2D eigenvalue weighted by atomic mass is 10.2. The van der Waals surface area contributed by atoms with Crippen LogP contribution in [0.2, 0.25) is 0 Å². The summed E-state index contributed by atoms with van der Waals surface area (Å²) in [5, 5.41) is 21.0. The number of carbonyl (C=O) groups is 1. The molecule has 0 bridgehead atoms.